The van der Waals surface area contributed by atoms with Crippen LogP contribution >= 0.6 is 0 Å². The number of nitrogens with two attached hydrogens (primary N) is 1. The number of hydrogen-bond donors (Lipinski definition) is 1. The number of rotatable bonds is 2. The summed E-state index contributed by atoms with van der Waals surface area (Å²) in [6.07, 6.45) is 6.02. The van der Waals surface area contributed by atoms with Crippen molar-refractivity contribution in [1.29, 1.82) is 0 Å². The molecule has 2 rings (SSSR count). The van der Waals surface area contributed by atoms with E-state index in [0.717, 1.165) is 18.6 Å². The minimum absolute atomic E-state index is 0.310. The third kappa shape index (κ3) is 1.69. The largest absolute Gasteiger partial charge is 0.361 e. The fraction of sp³-hybridized carbons (Fsp3) is 0.727. The summed E-state index contributed by atoms with van der Waals surface area (Å²) in [6, 6.07) is 0. The smallest absolute Gasteiger partial charge is 0.144 e. The molecule has 14 heavy (non-hydrogen) atoms. The summed E-state index contributed by atoms with van der Waals surface area (Å²) in [5.74, 6) is 1.34. The summed E-state index contributed by atoms with van der Waals surface area (Å²) in [4.78, 5) is 0. The van der Waals surface area contributed by atoms with Gasteiger partial charge in [-0.3, -0.25) is 0 Å². The third-order valence-electron chi connectivity index (χ3n) is 3.04. The van der Waals surface area contributed by atoms with Crippen molar-refractivity contribution in [2.24, 2.45) is 5.73 Å². The maximum atomic E-state index is 5.65. The Kier molecular flexibility index (Phi) is 2.87. The second-order valence-corrected chi connectivity index (χ2v) is 4.17. The van der Waals surface area contributed by atoms with Crippen LogP contribution in [0.5, 0.6) is 0 Å². The normalized spacial score (nSPS) is 18.7. The highest BCUT2D eigenvalue weighted by atomic mass is 16.5. The predicted octanol–water partition coefficient (Wildman–Crippen LogP) is 2.01. The number of aromatic nitrogens is 1. The first-order valence-corrected chi connectivity index (χ1v) is 5.50. The van der Waals surface area contributed by atoms with E-state index in [1.54, 1.807) is 0 Å². The number of nitrogens with zero attached hydrogens (tertiary/aromatic N) is 1. The monoisotopic (exact) mass is 194 g/mol. The Hall–Kier alpha value is -0.830. The quantitative estimate of drug-likeness (QED) is 0.733. The van der Waals surface area contributed by atoms with E-state index in [0.29, 0.717) is 12.5 Å². The van der Waals surface area contributed by atoms with Crippen LogP contribution in [0, 0.1) is 0 Å². The minimum Gasteiger partial charge on any atom is -0.361 e. The van der Waals surface area contributed by atoms with Crippen LogP contribution in [0.3, 0.4) is 0 Å². The lowest BCUT2D eigenvalue weighted by Crippen LogP contribution is -2.10. The average molecular weight is 194 g/mol. The zero-order chi connectivity index (χ0) is 9.97. The third-order valence-corrected chi connectivity index (χ3v) is 3.04. The van der Waals surface area contributed by atoms with Crippen molar-refractivity contribution in [2.75, 3.05) is 6.54 Å². The van der Waals surface area contributed by atoms with Gasteiger partial charge >= 0.3 is 0 Å². The lowest BCUT2D eigenvalue weighted by atomic mass is 10.0. The highest BCUT2D eigenvalue weighted by Crippen LogP contribution is 2.27. The van der Waals surface area contributed by atoms with E-state index >= 15 is 0 Å². The van der Waals surface area contributed by atoms with Crippen molar-refractivity contribution in [1.82, 2.24) is 5.16 Å². The number of hydrogen-bond acceptors (Lipinski definition) is 3. The van der Waals surface area contributed by atoms with E-state index in [9.17, 15) is 0 Å². The van der Waals surface area contributed by atoms with Crippen molar-refractivity contribution in [3.05, 3.63) is 17.0 Å². The maximum absolute atomic E-state index is 5.65. The van der Waals surface area contributed by atoms with Crippen molar-refractivity contribution < 1.29 is 4.52 Å². The molecule has 1 heterocycles. The molecule has 1 aromatic rings. The molecule has 0 saturated carbocycles. The standard InChI is InChI=1S/C11H18N2O/c1-8(7-12)11-9-5-3-2-4-6-10(9)13-14-11/h8H,2-7,12H2,1H3. The molecule has 0 bridgehead atoms. The molecule has 3 heteroatoms. The molecular formula is C11H18N2O. The number of aryl methyl sites for hydroxylation is 1. The molecule has 0 spiro atoms. The van der Waals surface area contributed by atoms with Crippen molar-refractivity contribution in [3.63, 3.8) is 0 Å². The van der Waals surface area contributed by atoms with Gasteiger partial charge in [0, 0.05) is 18.0 Å². The zero-order valence-electron chi connectivity index (χ0n) is 8.75. The molecule has 1 aromatic heterocycles. The Balaban J connectivity index is 2.29. The Morgan fingerprint density at radius 1 is 1.36 bits per heavy atom. The Labute approximate surface area is 84.7 Å². The van der Waals surface area contributed by atoms with Gasteiger partial charge in [0.25, 0.3) is 0 Å². The first-order chi connectivity index (χ1) is 6.83. The Morgan fingerprint density at radius 2 is 2.14 bits per heavy atom. The molecule has 1 aliphatic rings. The highest BCUT2D eigenvalue weighted by molar-refractivity contribution is 5.26. The SMILES string of the molecule is CC(CN)c1onc2c1CCCCC2. The molecule has 0 aliphatic heterocycles. The molecule has 1 unspecified atom stereocenters. The summed E-state index contributed by atoms with van der Waals surface area (Å²) in [7, 11) is 0. The van der Waals surface area contributed by atoms with Gasteiger partial charge in [0.15, 0.2) is 0 Å². The fourth-order valence-corrected chi connectivity index (χ4v) is 2.09. The molecule has 0 fully saturated rings. The molecule has 1 aliphatic carbocycles. The van der Waals surface area contributed by atoms with Gasteiger partial charge in [0.05, 0.1) is 5.69 Å². The van der Waals surface area contributed by atoms with Gasteiger partial charge in [-0.2, -0.15) is 0 Å². The molecule has 0 radical (unpaired) electrons. The summed E-state index contributed by atoms with van der Waals surface area (Å²) in [5, 5.41) is 4.16. The average Bonchev–Trinajstić information content (AvgIpc) is 2.46. The summed E-state index contributed by atoms with van der Waals surface area (Å²) >= 11 is 0. The molecule has 0 saturated heterocycles. The van der Waals surface area contributed by atoms with Crippen LogP contribution in [0.1, 0.15) is 49.1 Å². The summed E-state index contributed by atoms with van der Waals surface area (Å²) < 4.78 is 5.40. The lowest BCUT2D eigenvalue weighted by molar-refractivity contribution is 0.358. The van der Waals surface area contributed by atoms with E-state index in [1.165, 1.54) is 30.5 Å². The molecule has 78 valence electrons. The van der Waals surface area contributed by atoms with Gasteiger partial charge in [0.1, 0.15) is 5.76 Å². The summed E-state index contributed by atoms with van der Waals surface area (Å²) in [6.45, 7) is 2.74. The van der Waals surface area contributed by atoms with E-state index in [-0.39, 0.29) is 0 Å². The first kappa shape index (κ1) is 9.71. The first-order valence-electron chi connectivity index (χ1n) is 5.50. The van der Waals surface area contributed by atoms with E-state index in [4.69, 9.17) is 10.3 Å². The molecule has 0 amide bonds. The number of fused-ring (bicyclic) bond motifs is 1. The van der Waals surface area contributed by atoms with Gasteiger partial charge in [0.2, 0.25) is 0 Å². The molecular weight excluding hydrogens is 176 g/mol. The second kappa shape index (κ2) is 4.13. The van der Waals surface area contributed by atoms with Gasteiger partial charge in [-0.05, 0) is 25.7 Å². The predicted molar refractivity (Wildman–Crippen MR) is 55.2 cm³/mol. The van der Waals surface area contributed by atoms with Gasteiger partial charge < -0.3 is 10.3 Å². The van der Waals surface area contributed by atoms with Gasteiger partial charge in [-0.1, -0.05) is 18.5 Å². The lowest BCUT2D eigenvalue weighted by Gasteiger charge is -2.06. The van der Waals surface area contributed by atoms with Gasteiger partial charge in [-0.15, -0.1) is 0 Å². The maximum Gasteiger partial charge on any atom is 0.144 e. The van der Waals surface area contributed by atoms with Crippen LogP contribution in [0.4, 0.5) is 0 Å². The second-order valence-electron chi connectivity index (χ2n) is 4.17. The minimum atomic E-state index is 0.310. The van der Waals surface area contributed by atoms with Crippen LogP contribution in [0.2, 0.25) is 0 Å². The summed E-state index contributed by atoms with van der Waals surface area (Å²) in [5.41, 5.74) is 8.17. The van der Waals surface area contributed by atoms with Crippen molar-refractivity contribution in [3.8, 4) is 0 Å². The molecule has 1 atom stereocenters. The van der Waals surface area contributed by atoms with Crippen LogP contribution in [0.25, 0.3) is 0 Å². The Morgan fingerprint density at radius 3 is 2.93 bits per heavy atom. The van der Waals surface area contributed by atoms with Crippen LogP contribution in [-0.2, 0) is 12.8 Å². The van der Waals surface area contributed by atoms with Crippen molar-refractivity contribution >= 4 is 0 Å². The molecule has 2 N–H and O–H groups in total. The highest BCUT2D eigenvalue weighted by Gasteiger charge is 2.21. The fourth-order valence-electron chi connectivity index (χ4n) is 2.09. The van der Waals surface area contributed by atoms with E-state index in [2.05, 4.69) is 12.1 Å². The molecule has 3 nitrogen and oxygen atoms in total. The van der Waals surface area contributed by atoms with E-state index < -0.39 is 0 Å². The van der Waals surface area contributed by atoms with Crippen LogP contribution in [0.15, 0.2) is 4.52 Å². The zero-order valence-corrected chi connectivity index (χ0v) is 8.75. The van der Waals surface area contributed by atoms with Crippen LogP contribution in [-0.4, -0.2) is 11.7 Å². The van der Waals surface area contributed by atoms with Crippen molar-refractivity contribution in [2.45, 2.75) is 44.9 Å². The Bertz CT molecular complexity index is 306. The van der Waals surface area contributed by atoms with E-state index in [1.807, 2.05) is 0 Å². The topological polar surface area (TPSA) is 52.0 Å². The van der Waals surface area contributed by atoms with Crippen LogP contribution < -0.4 is 5.73 Å². The molecule has 0 aromatic carbocycles. The van der Waals surface area contributed by atoms with Gasteiger partial charge in [-0.25, -0.2) is 0 Å².